The first kappa shape index (κ1) is 31.7. The molecule has 0 amide bonds. The summed E-state index contributed by atoms with van der Waals surface area (Å²) in [7, 11) is 0. The molecule has 0 radical (unpaired) electrons. The fourth-order valence-electron chi connectivity index (χ4n) is 3.82. The van der Waals surface area contributed by atoms with Crippen molar-refractivity contribution in [1.82, 2.24) is 0 Å². The summed E-state index contributed by atoms with van der Waals surface area (Å²) in [6.45, 7) is 9.70. The second-order valence-electron chi connectivity index (χ2n) is 9.37. The molecule has 0 bridgehead atoms. The van der Waals surface area contributed by atoms with Crippen LogP contribution in [0.5, 0.6) is 23.0 Å². The van der Waals surface area contributed by atoms with Crippen LogP contribution in [0.2, 0.25) is 0 Å². The largest absolute Gasteiger partial charge is 0.494 e. The van der Waals surface area contributed by atoms with Crippen molar-refractivity contribution >= 4 is 17.7 Å². The molecule has 42 heavy (non-hydrogen) atoms. The van der Waals surface area contributed by atoms with Gasteiger partial charge in [0.25, 0.3) is 0 Å². The smallest absolute Gasteiger partial charge is 0.343 e. The van der Waals surface area contributed by atoms with Crippen LogP contribution in [0.15, 0.2) is 92.0 Å². The third-order valence-electron chi connectivity index (χ3n) is 6.13. The Bertz CT molecular complexity index is 1340. The highest BCUT2D eigenvalue weighted by atomic mass is 16.7. The molecule has 0 aliphatic carbocycles. The molecule has 220 valence electrons. The molecule has 0 atom stereocenters. The normalized spacial score (nSPS) is 10.3. The fourth-order valence-corrected chi connectivity index (χ4v) is 3.82. The van der Waals surface area contributed by atoms with Gasteiger partial charge in [0.15, 0.2) is 5.78 Å². The average Bonchev–Trinajstić information content (AvgIpc) is 3.00. The Balaban J connectivity index is 1.35. The molecule has 3 aromatic rings. The van der Waals surface area contributed by atoms with E-state index in [2.05, 4.69) is 13.2 Å². The minimum Gasteiger partial charge on any atom is -0.494 e. The number of ether oxygens (including phenoxy) is 5. The Morgan fingerprint density at radius 1 is 0.714 bits per heavy atom. The lowest BCUT2D eigenvalue weighted by atomic mass is 10.1. The maximum Gasteiger partial charge on any atom is 0.343 e. The van der Waals surface area contributed by atoms with Gasteiger partial charge in [0.05, 0.1) is 18.8 Å². The maximum absolute atomic E-state index is 12.5. The minimum absolute atomic E-state index is 0.00297. The second-order valence-corrected chi connectivity index (χ2v) is 9.37. The van der Waals surface area contributed by atoms with E-state index in [0.29, 0.717) is 36.0 Å². The van der Waals surface area contributed by atoms with Crippen LogP contribution in [0.1, 0.15) is 47.2 Å². The van der Waals surface area contributed by atoms with Crippen molar-refractivity contribution in [3.63, 3.8) is 0 Å². The Hall–Kier alpha value is -4.85. The quantitative estimate of drug-likeness (QED) is 0.0553. The molecule has 0 spiro atoms. The van der Waals surface area contributed by atoms with Crippen LogP contribution in [0.3, 0.4) is 0 Å². The van der Waals surface area contributed by atoms with Crippen molar-refractivity contribution in [2.24, 2.45) is 0 Å². The van der Waals surface area contributed by atoms with E-state index in [1.165, 1.54) is 12.2 Å². The first-order valence-corrected chi connectivity index (χ1v) is 13.7. The lowest BCUT2D eigenvalue weighted by Gasteiger charge is -2.12. The van der Waals surface area contributed by atoms with E-state index < -0.39 is 5.97 Å². The van der Waals surface area contributed by atoms with Gasteiger partial charge in [-0.1, -0.05) is 25.3 Å². The Labute approximate surface area is 246 Å². The molecular formula is C34H36O8. The van der Waals surface area contributed by atoms with Gasteiger partial charge in [0.2, 0.25) is 6.79 Å². The van der Waals surface area contributed by atoms with Crippen molar-refractivity contribution in [3.05, 3.63) is 109 Å². The third-order valence-corrected chi connectivity index (χ3v) is 6.13. The zero-order chi connectivity index (χ0) is 30.2. The number of hydrogen-bond acceptors (Lipinski definition) is 8. The maximum atomic E-state index is 12.5. The van der Waals surface area contributed by atoms with E-state index >= 15 is 0 Å². The number of carbonyl (C=O) groups excluding carboxylic acids is 3. The summed E-state index contributed by atoms with van der Waals surface area (Å²) in [6.07, 6.45) is 6.37. The molecule has 8 nitrogen and oxygen atoms in total. The summed E-state index contributed by atoms with van der Waals surface area (Å²) < 4.78 is 27.6. The summed E-state index contributed by atoms with van der Waals surface area (Å²) in [5.41, 5.74) is 1.96. The van der Waals surface area contributed by atoms with Crippen molar-refractivity contribution in [2.75, 3.05) is 20.0 Å². The topological polar surface area (TPSA) is 97.4 Å². The fraction of sp³-hybridized carbons (Fsp3) is 0.265. The zero-order valence-corrected chi connectivity index (χ0v) is 23.8. The van der Waals surface area contributed by atoms with Crippen LogP contribution < -0.4 is 18.9 Å². The predicted molar refractivity (Wildman–Crippen MR) is 159 cm³/mol. The lowest BCUT2D eigenvalue weighted by Crippen LogP contribution is -2.10. The second kappa shape index (κ2) is 17.1. The Kier molecular flexibility index (Phi) is 12.9. The van der Waals surface area contributed by atoms with Crippen LogP contribution >= 0.6 is 0 Å². The van der Waals surface area contributed by atoms with Gasteiger partial charge in [-0.3, -0.25) is 4.79 Å². The molecule has 0 aliphatic heterocycles. The first-order chi connectivity index (χ1) is 20.4. The van der Waals surface area contributed by atoms with Gasteiger partial charge in [-0.15, -0.1) is 0 Å². The highest BCUT2D eigenvalue weighted by Crippen LogP contribution is 2.25. The van der Waals surface area contributed by atoms with Crippen molar-refractivity contribution in [2.45, 2.75) is 39.0 Å². The first-order valence-electron chi connectivity index (χ1n) is 13.7. The molecule has 3 aromatic carbocycles. The summed E-state index contributed by atoms with van der Waals surface area (Å²) >= 11 is 0. The van der Waals surface area contributed by atoms with Gasteiger partial charge in [0, 0.05) is 12.5 Å². The molecule has 0 heterocycles. The van der Waals surface area contributed by atoms with Crippen LogP contribution in [-0.2, 0) is 20.7 Å². The molecule has 0 aromatic heterocycles. The van der Waals surface area contributed by atoms with Crippen molar-refractivity contribution in [1.29, 1.82) is 0 Å². The summed E-state index contributed by atoms with van der Waals surface area (Å²) in [6, 6.07) is 19.1. The van der Waals surface area contributed by atoms with Gasteiger partial charge in [-0.05, 0) is 104 Å². The molecular weight excluding hydrogens is 536 g/mol. The van der Waals surface area contributed by atoms with Crippen molar-refractivity contribution in [3.8, 4) is 23.0 Å². The van der Waals surface area contributed by atoms with E-state index in [-0.39, 0.29) is 25.0 Å². The van der Waals surface area contributed by atoms with Crippen LogP contribution in [-0.4, -0.2) is 37.7 Å². The van der Waals surface area contributed by atoms with Crippen LogP contribution in [0.4, 0.5) is 0 Å². The Morgan fingerprint density at radius 3 is 2.00 bits per heavy atom. The van der Waals surface area contributed by atoms with Gasteiger partial charge in [0.1, 0.15) is 23.0 Å². The van der Waals surface area contributed by atoms with E-state index in [1.54, 1.807) is 42.5 Å². The Morgan fingerprint density at radius 2 is 1.36 bits per heavy atom. The number of esters is 2. The molecule has 0 unspecified atom stereocenters. The predicted octanol–water partition coefficient (Wildman–Crippen LogP) is 6.60. The standard InChI is InChI=1S/C34H36O8/c1-4-28(35)23-26-10-12-27(13-11-26)34(37)42-31-18-19-32(25(3)22-31)41-24-40-30-16-14-29(15-17-30)38-20-8-6-7-9-21-39-33(36)5-2/h4-5,10-19,22H,1-2,6-9,20-21,23-24H2,3H3. The third kappa shape index (κ3) is 11.0. The van der Waals surface area contributed by atoms with Crippen LogP contribution in [0.25, 0.3) is 0 Å². The van der Waals surface area contributed by atoms with Gasteiger partial charge in [-0.25, -0.2) is 9.59 Å². The van der Waals surface area contributed by atoms with E-state index in [1.807, 2.05) is 31.2 Å². The summed E-state index contributed by atoms with van der Waals surface area (Å²) in [5.74, 6) is 1.42. The number of carbonyl (C=O) groups is 3. The lowest BCUT2D eigenvalue weighted by molar-refractivity contribution is -0.137. The monoisotopic (exact) mass is 572 g/mol. The molecule has 3 rings (SSSR count). The number of ketones is 1. The minimum atomic E-state index is -0.496. The van der Waals surface area contributed by atoms with Gasteiger partial charge in [-0.2, -0.15) is 0 Å². The molecule has 0 saturated heterocycles. The summed E-state index contributed by atoms with van der Waals surface area (Å²) in [4.78, 5) is 35.0. The van der Waals surface area contributed by atoms with Gasteiger partial charge >= 0.3 is 11.9 Å². The average molecular weight is 573 g/mol. The number of benzene rings is 3. The highest BCUT2D eigenvalue weighted by Gasteiger charge is 2.11. The SMILES string of the molecule is C=CC(=O)Cc1ccc(C(=O)Oc2ccc(OCOc3ccc(OCCCCCCOC(=O)C=C)cc3)c(C)c2)cc1. The molecule has 0 saturated carbocycles. The number of allylic oxidation sites excluding steroid dienone is 1. The molecule has 0 aliphatic rings. The highest BCUT2D eigenvalue weighted by molar-refractivity contribution is 5.92. The zero-order valence-electron chi connectivity index (χ0n) is 23.8. The van der Waals surface area contributed by atoms with Crippen LogP contribution in [0, 0.1) is 6.92 Å². The van der Waals surface area contributed by atoms with E-state index in [9.17, 15) is 14.4 Å². The summed E-state index contributed by atoms with van der Waals surface area (Å²) in [5, 5.41) is 0. The molecule has 0 fully saturated rings. The number of hydrogen-bond donors (Lipinski definition) is 0. The number of rotatable bonds is 18. The molecule has 8 heteroatoms. The molecule has 0 N–H and O–H groups in total. The van der Waals surface area contributed by atoms with Crippen molar-refractivity contribution < 1.29 is 38.1 Å². The van der Waals surface area contributed by atoms with E-state index in [4.69, 9.17) is 23.7 Å². The number of aryl methyl sites for hydroxylation is 1. The van der Waals surface area contributed by atoms with E-state index in [0.717, 1.165) is 42.6 Å². The number of unbranched alkanes of at least 4 members (excludes halogenated alkanes) is 3. The van der Waals surface area contributed by atoms with Gasteiger partial charge < -0.3 is 23.7 Å².